The molecule has 0 aliphatic carbocycles. The van der Waals surface area contributed by atoms with Crippen molar-refractivity contribution >= 4 is 5.91 Å². The zero-order chi connectivity index (χ0) is 13.6. The van der Waals surface area contributed by atoms with E-state index in [1.807, 2.05) is 0 Å². The monoisotopic (exact) mass is 259 g/mol. The van der Waals surface area contributed by atoms with Crippen molar-refractivity contribution in [1.29, 1.82) is 0 Å². The maximum Gasteiger partial charge on any atom is 0.436 e. The first-order valence-corrected chi connectivity index (χ1v) is 5.41. The fourth-order valence-corrected chi connectivity index (χ4v) is 2.07. The second-order valence-electron chi connectivity index (χ2n) is 4.52. The van der Waals surface area contributed by atoms with Gasteiger partial charge in [0, 0.05) is 6.42 Å². The fourth-order valence-electron chi connectivity index (χ4n) is 2.07. The lowest BCUT2D eigenvalue weighted by molar-refractivity contribution is -0.266. The van der Waals surface area contributed by atoms with Crippen LogP contribution in [-0.2, 0) is 4.79 Å². The Labute approximate surface area is 102 Å². The molecule has 1 heterocycles. The first-order chi connectivity index (χ1) is 8.23. The standard InChI is InChI=1S/C12H12F3NO2/c1-7-3-2-4-8(5-7)9-6-11(18,12(13,14)15)16-10(9)17/h2-5,9,18H,6H2,1H3,(H,16,17)/t9-,11+/m1/s1. The highest BCUT2D eigenvalue weighted by atomic mass is 19.4. The third-order valence-corrected chi connectivity index (χ3v) is 3.06. The molecule has 1 aliphatic heterocycles. The normalized spacial score (nSPS) is 28.3. The lowest BCUT2D eigenvalue weighted by Crippen LogP contribution is -2.53. The Hall–Kier alpha value is -1.56. The smallest absolute Gasteiger partial charge is 0.363 e. The summed E-state index contributed by atoms with van der Waals surface area (Å²) in [5.74, 6) is -1.78. The van der Waals surface area contributed by atoms with Crippen LogP contribution in [0.5, 0.6) is 0 Å². The van der Waals surface area contributed by atoms with Gasteiger partial charge in [0.2, 0.25) is 11.6 Å². The van der Waals surface area contributed by atoms with Crippen LogP contribution in [0.2, 0.25) is 0 Å². The number of hydrogen-bond acceptors (Lipinski definition) is 2. The Morgan fingerprint density at radius 3 is 2.61 bits per heavy atom. The number of rotatable bonds is 1. The lowest BCUT2D eigenvalue weighted by Gasteiger charge is -2.25. The molecule has 6 heteroatoms. The Bertz CT molecular complexity index is 486. The SMILES string of the molecule is Cc1cccc([C@H]2C[C@](O)(C(F)(F)F)NC2=O)c1. The molecule has 3 nitrogen and oxygen atoms in total. The Morgan fingerprint density at radius 1 is 1.44 bits per heavy atom. The molecule has 98 valence electrons. The van der Waals surface area contributed by atoms with Crippen LogP contribution < -0.4 is 5.32 Å². The van der Waals surface area contributed by atoms with Gasteiger partial charge in [-0.05, 0) is 12.5 Å². The average Bonchev–Trinajstić information content (AvgIpc) is 2.55. The van der Waals surface area contributed by atoms with Crippen molar-refractivity contribution in [2.75, 3.05) is 0 Å². The summed E-state index contributed by atoms with van der Waals surface area (Å²) < 4.78 is 37.9. The van der Waals surface area contributed by atoms with Gasteiger partial charge in [0.15, 0.2) is 0 Å². The number of benzene rings is 1. The van der Waals surface area contributed by atoms with Gasteiger partial charge in [0.25, 0.3) is 0 Å². The number of hydrogen-bond donors (Lipinski definition) is 2. The second kappa shape index (κ2) is 3.98. The molecule has 2 N–H and O–H groups in total. The number of nitrogens with one attached hydrogen (secondary N) is 1. The lowest BCUT2D eigenvalue weighted by atomic mass is 9.93. The quantitative estimate of drug-likeness (QED) is 0.808. The van der Waals surface area contributed by atoms with Crippen LogP contribution >= 0.6 is 0 Å². The van der Waals surface area contributed by atoms with Crippen LogP contribution in [0.3, 0.4) is 0 Å². The molecule has 0 radical (unpaired) electrons. The van der Waals surface area contributed by atoms with Crippen LogP contribution in [0.4, 0.5) is 13.2 Å². The number of aliphatic hydroxyl groups is 1. The number of alkyl halides is 3. The molecule has 1 aromatic rings. The first kappa shape index (κ1) is 12.9. The summed E-state index contributed by atoms with van der Waals surface area (Å²) in [6, 6.07) is 6.68. The van der Waals surface area contributed by atoms with Crippen LogP contribution in [0, 0.1) is 6.92 Å². The summed E-state index contributed by atoms with van der Waals surface area (Å²) in [6.07, 6.45) is -5.57. The number of carbonyl (C=O) groups is 1. The Morgan fingerprint density at radius 2 is 2.11 bits per heavy atom. The zero-order valence-corrected chi connectivity index (χ0v) is 9.58. The van der Waals surface area contributed by atoms with E-state index in [1.165, 1.54) is 0 Å². The van der Waals surface area contributed by atoms with E-state index in [2.05, 4.69) is 0 Å². The minimum absolute atomic E-state index is 0.479. The van der Waals surface area contributed by atoms with E-state index in [1.54, 1.807) is 36.5 Å². The summed E-state index contributed by atoms with van der Waals surface area (Å²) >= 11 is 0. The molecule has 2 atom stereocenters. The molecule has 1 aromatic carbocycles. The summed E-state index contributed by atoms with van der Waals surface area (Å²) in [4.78, 5) is 11.6. The van der Waals surface area contributed by atoms with E-state index in [-0.39, 0.29) is 0 Å². The summed E-state index contributed by atoms with van der Waals surface area (Å²) in [6.45, 7) is 1.78. The van der Waals surface area contributed by atoms with Gasteiger partial charge in [-0.2, -0.15) is 13.2 Å². The Kier molecular flexibility index (Phi) is 2.85. The summed E-state index contributed by atoms with van der Waals surface area (Å²) in [5.41, 5.74) is -1.80. The molecule has 0 aromatic heterocycles. The molecule has 0 bridgehead atoms. The van der Waals surface area contributed by atoms with Crippen LogP contribution in [0.25, 0.3) is 0 Å². The van der Waals surface area contributed by atoms with Gasteiger partial charge in [-0.3, -0.25) is 4.79 Å². The van der Waals surface area contributed by atoms with Gasteiger partial charge in [0.1, 0.15) is 0 Å². The molecule has 1 amide bonds. The van der Waals surface area contributed by atoms with Crippen molar-refractivity contribution in [3.63, 3.8) is 0 Å². The fraction of sp³-hybridized carbons (Fsp3) is 0.417. The molecular weight excluding hydrogens is 247 g/mol. The van der Waals surface area contributed by atoms with Crippen molar-refractivity contribution in [3.05, 3.63) is 35.4 Å². The van der Waals surface area contributed by atoms with Crippen molar-refractivity contribution in [2.45, 2.75) is 31.2 Å². The highest BCUT2D eigenvalue weighted by molar-refractivity contribution is 5.86. The van der Waals surface area contributed by atoms with Gasteiger partial charge < -0.3 is 10.4 Å². The minimum atomic E-state index is -4.87. The number of aryl methyl sites for hydroxylation is 1. The van der Waals surface area contributed by atoms with Crippen molar-refractivity contribution in [3.8, 4) is 0 Å². The predicted octanol–water partition coefficient (Wildman–Crippen LogP) is 1.85. The third kappa shape index (κ3) is 2.08. The van der Waals surface area contributed by atoms with E-state index < -0.39 is 30.1 Å². The van der Waals surface area contributed by atoms with E-state index in [9.17, 15) is 23.1 Å². The highest BCUT2D eigenvalue weighted by Crippen LogP contribution is 2.41. The van der Waals surface area contributed by atoms with Crippen LogP contribution in [0.1, 0.15) is 23.5 Å². The molecule has 1 aliphatic rings. The molecule has 18 heavy (non-hydrogen) atoms. The average molecular weight is 259 g/mol. The molecule has 1 saturated heterocycles. The first-order valence-electron chi connectivity index (χ1n) is 5.41. The second-order valence-corrected chi connectivity index (χ2v) is 4.52. The molecule has 0 spiro atoms. The highest BCUT2D eigenvalue weighted by Gasteiger charge is 2.60. The van der Waals surface area contributed by atoms with Gasteiger partial charge in [-0.15, -0.1) is 0 Å². The zero-order valence-electron chi connectivity index (χ0n) is 9.58. The van der Waals surface area contributed by atoms with Gasteiger partial charge in [-0.1, -0.05) is 29.8 Å². The van der Waals surface area contributed by atoms with Crippen molar-refractivity contribution in [2.24, 2.45) is 0 Å². The van der Waals surface area contributed by atoms with Crippen molar-refractivity contribution < 1.29 is 23.1 Å². The molecule has 1 fully saturated rings. The molecule has 0 saturated carbocycles. The van der Waals surface area contributed by atoms with Crippen LogP contribution in [-0.4, -0.2) is 22.9 Å². The largest absolute Gasteiger partial charge is 0.436 e. The molecule has 2 rings (SSSR count). The summed E-state index contributed by atoms with van der Waals surface area (Å²) in [7, 11) is 0. The Balaban J connectivity index is 2.31. The van der Waals surface area contributed by atoms with Crippen LogP contribution in [0.15, 0.2) is 24.3 Å². The third-order valence-electron chi connectivity index (χ3n) is 3.06. The van der Waals surface area contributed by atoms with E-state index >= 15 is 0 Å². The predicted molar refractivity (Wildman–Crippen MR) is 57.7 cm³/mol. The summed E-state index contributed by atoms with van der Waals surface area (Å²) in [5, 5.41) is 11.1. The minimum Gasteiger partial charge on any atom is -0.363 e. The number of halogens is 3. The van der Waals surface area contributed by atoms with E-state index in [4.69, 9.17) is 0 Å². The van der Waals surface area contributed by atoms with E-state index in [0.717, 1.165) is 5.56 Å². The van der Waals surface area contributed by atoms with Gasteiger partial charge in [0.05, 0.1) is 5.92 Å². The number of carbonyl (C=O) groups excluding carboxylic acids is 1. The van der Waals surface area contributed by atoms with Crippen molar-refractivity contribution in [1.82, 2.24) is 5.32 Å². The van der Waals surface area contributed by atoms with E-state index in [0.29, 0.717) is 5.56 Å². The molecule has 0 unspecified atom stereocenters. The maximum absolute atomic E-state index is 12.6. The number of amides is 1. The molecular formula is C12H12F3NO2. The maximum atomic E-state index is 12.6. The van der Waals surface area contributed by atoms with Gasteiger partial charge >= 0.3 is 6.18 Å². The van der Waals surface area contributed by atoms with Gasteiger partial charge in [-0.25, -0.2) is 0 Å². The topological polar surface area (TPSA) is 49.3 Å².